The van der Waals surface area contributed by atoms with Crippen LogP contribution in [0.15, 0.2) is 54.6 Å². The van der Waals surface area contributed by atoms with E-state index >= 15 is 0 Å². The SMILES string of the molecule is CCCN1CCN(C(=O)CNC(C)=O)CC(Cc2ccccc2-c2ccccc2)C1=O. The van der Waals surface area contributed by atoms with E-state index in [1.165, 1.54) is 6.92 Å². The van der Waals surface area contributed by atoms with Gasteiger partial charge in [0.2, 0.25) is 17.7 Å². The van der Waals surface area contributed by atoms with E-state index in [1.54, 1.807) is 4.90 Å². The number of nitrogens with zero attached hydrogens (tertiary/aromatic N) is 2. The molecule has 0 radical (unpaired) electrons. The fourth-order valence-electron chi connectivity index (χ4n) is 4.09. The van der Waals surface area contributed by atoms with Crippen LogP contribution in [0.3, 0.4) is 0 Å². The Morgan fingerprint density at radius 2 is 1.74 bits per heavy atom. The number of carbonyl (C=O) groups is 3. The highest BCUT2D eigenvalue weighted by atomic mass is 16.2. The van der Waals surface area contributed by atoms with E-state index in [0.717, 1.165) is 23.1 Å². The van der Waals surface area contributed by atoms with E-state index in [0.29, 0.717) is 32.6 Å². The van der Waals surface area contributed by atoms with Crippen molar-refractivity contribution in [1.82, 2.24) is 15.1 Å². The number of rotatable bonds is 7. The lowest BCUT2D eigenvalue weighted by molar-refractivity contribution is -0.135. The van der Waals surface area contributed by atoms with Crippen molar-refractivity contribution in [3.8, 4) is 11.1 Å². The van der Waals surface area contributed by atoms with E-state index in [1.807, 2.05) is 35.2 Å². The topological polar surface area (TPSA) is 69.7 Å². The maximum absolute atomic E-state index is 13.3. The summed E-state index contributed by atoms with van der Waals surface area (Å²) in [7, 11) is 0. The molecule has 1 N–H and O–H groups in total. The van der Waals surface area contributed by atoms with Gasteiger partial charge in [-0.3, -0.25) is 14.4 Å². The maximum atomic E-state index is 13.3. The van der Waals surface area contributed by atoms with Crippen LogP contribution in [0.1, 0.15) is 25.8 Å². The lowest BCUT2D eigenvalue weighted by Gasteiger charge is -2.25. The summed E-state index contributed by atoms with van der Waals surface area (Å²) >= 11 is 0. The van der Waals surface area contributed by atoms with E-state index < -0.39 is 0 Å². The summed E-state index contributed by atoms with van der Waals surface area (Å²) in [4.78, 5) is 40.9. The molecule has 2 aromatic rings. The van der Waals surface area contributed by atoms with Crippen molar-refractivity contribution in [2.75, 3.05) is 32.7 Å². The molecule has 0 saturated carbocycles. The van der Waals surface area contributed by atoms with Crippen LogP contribution < -0.4 is 5.32 Å². The molecule has 1 fully saturated rings. The van der Waals surface area contributed by atoms with Crippen molar-refractivity contribution in [3.63, 3.8) is 0 Å². The normalized spacial score (nSPS) is 16.7. The molecular formula is C25H31N3O3. The van der Waals surface area contributed by atoms with Gasteiger partial charge in [0.05, 0.1) is 12.5 Å². The first-order valence-corrected chi connectivity index (χ1v) is 10.9. The Morgan fingerprint density at radius 1 is 1.03 bits per heavy atom. The molecule has 1 unspecified atom stereocenters. The molecule has 0 aliphatic carbocycles. The van der Waals surface area contributed by atoms with Crippen molar-refractivity contribution in [1.29, 1.82) is 0 Å². The largest absolute Gasteiger partial charge is 0.347 e. The molecular weight excluding hydrogens is 390 g/mol. The zero-order valence-corrected chi connectivity index (χ0v) is 18.3. The van der Waals surface area contributed by atoms with Crippen LogP contribution in [0.25, 0.3) is 11.1 Å². The molecule has 1 saturated heterocycles. The second-order valence-corrected chi connectivity index (χ2v) is 8.00. The summed E-state index contributed by atoms with van der Waals surface area (Å²) in [5, 5.41) is 2.58. The molecule has 3 amide bonds. The van der Waals surface area contributed by atoms with Gasteiger partial charge < -0.3 is 15.1 Å². The first kappa shape index (κ1) is 22.5. The number of benzene rings is 2. The predicted octanol–water partition coefficient (Wildman–Crippen LogP) is 2.73. The smallest absolute Gasteiger partial charge is 0.242 e. The molecule has 0 spiro atoms. The minimum Gasteiger partial charge on any atom is -0.347 e. The maximum Gasteiger partial charge on any atom is 0.242 e. The standard InChI is InChI=1S/C25H31N3O3/c1-3-13-27-14-15-28(24(30)17-26-19(2)29)18-22(25(27)31)16-21-11-7-8-12-23(21)20-9-5-4-6-10-20/h4-12,22H,3,13-18H2,1-2H3,(H,26,29). The van der Waals surface area contributed by atoms with Gasteiger partial charge in [-0.1, -0.05) is 61.5 Å². The molecule has 164 valence electrons. The van der Waals surface area contributed by atoms with Gasteiger partial charge in [-0.15, -0.1) is 0 Å². The van der Waals surface area contributed by atoms with E-state index in [2.05, 4.69) is 36.5 Å². The van der Waals surface area contributed by atoms with Crippen LogP contribution in [0.2, 0.25) is 0 Å². The molecule has 3 rings (SSSR count). The minimum atomic E-state index is -0.319. The van der Waals surface area contributed by atoms with Gasteiger partial charge in [-0.25, -0.2) is 0 Å². The molecule has 1 aliphatic heterocycles. The van der Waals surface area contributed by atoms with Crippen LogP contribution in [0.4, 0.5) is 0 Å². The second-order valence-electron chi connectivity index (χ2n) is 8.00. The molecule has 1 heterocycles. The van der Waals surface area contributed by atoms with Crippen LogP contribution in [-0.4, -0.2) is 60.2 Å². The highest BCUT2D eigenvalue weighted by molar-refractivity contribution is 5.85. The summed E-state index contributed by atoms with van der Waals surface area (Å²) in [5.41, 5.74) is 3.32. The third-order valence-electron chi connectivity index (χ3n) is 5.64. The van der Waals surface area contributed by atoms with Gasteiger partial charge in [0.15, 0.2) is 0 Å². The first-order valence-electron chi connectivity index (χ1n) is 10.9. The van der Waals surface area contributed by atoms with Gasteiger partial charge in [0.1, 0.15) is 0 Å². The van der Waals surface area contributed by atoms with Crippen molar-refractivity contribution < 1.29 is 14.4 Å². The average Bonchev–Trinajstić information content (AvgIpc) is 2.93. The molecule has 31 heavy (non-hydrogen) atoms. The monoisotopic (exact) mass is 421 g/mol. The average molecular weight is 422 g/mol. The van der Waals surface area contributed by atoms with Crippen LogP contribution in [0.5, 0.6) is 0 Å². The fourth-order valence-corrected chi connectivity index (χ4v) is 4.09. The van der Waals surface area contributed by atoms with Gasteiger partial charge in [0, 0.05) is 33.1 Å². The Balaban J connectivity index is 1.85. The van der Waals surface area contributed by atoms with E-state index in [-0.39, 0.29) is 30.2 Å². The number of amides is 3. The van der Waals surface area contributed by atoms with Gasteiger partial charge in [-0.2, -0.15) is 0 Å². The Hall–Kier alpha value is -3.15. The molecule has 6 nitrogen and oxygen atoms in total. The molecule has 6 heteroatoms. The lowest BCUT2D eigenvalue weighted by atomic mass is 9.91. The second kappa shape index (κ2) is 10.8. The van der Waals surface area contributed by atoms with Gasteiger partial charge in [0.25, 0.3) is 0 Å². The Morgan fingerprint density at radius 3 is 2.45 bits per heavy atom. The minimum absolute atomic E-state index is 0.0371. The summed E-state index contributed by atoms with van der Waals surface area (Å²) < 4.78 is 0. The number of nitrogens with one attached hydrogen (secondary N) is 1. The van der Waals surface area contributed by atoms with Gasteiger partial charge >= 0.3 is 0 Å². The summed E-state index contributed by atoms with van der Waals surface area (Å²) in [6, 6.07) is 18.3. The number of hydrogen-bond donors (Lipinski definition) is 1. The van der Waals surface area contributed by atoms with E-state index in [4.69, 9.17) is 0 Å². The summed E-state index contributed by atoms with van der Waals surface area (Å²) in [6.45, 7) is 5.47. The molecule has 1 aliphatic rings. The van der Waals surface area contributed by atoms with Crippen LogP contribution >= 0.6 is 0 Å². The highest BCUT2D eigenvalue weighted by Crippen LogP contribution is 2.27. The van der Waals surface area contributed by atoms with Crippen LogP contribution in [0, 0.1) is 5.92 Å². The zero-order valence-electron chi connectivity index (χ0n) is 18.3. The number of hydrogen-bond acceptors (Lipinski definition) is 3. The quantitative estimate of drug-likeness (QED) is 0.747. The summed E-state index contributed by atoms with van der Waals surface area (Å²) in [6.07, 6.45) is 1.44. The Labute approximate surface area is 184 Å². The van der Waals surface area contributed by atoms with Gasteiger partial charge in [-0.05, 0) is 29.5 Å². The fraction of sp³-hybridized carbons (Fsp3) is 0.400. The molecule has 0 aromatic heterocycles. The zero-order chi connectivity index (χ0) is 22.2. The summed E-state index contributed by atoms with van der Waals surface area (Å²) in [5.74, 6) is -0.609. The van der Waals surface area contributed by atoms with Crippen molar-refractivity contribution in [2.45, 2.75) is 26.7 Å². The lowest BCUT2D eigenvalue weighted by Crippen LogP contribution is -2.42. The van der Waals surface area contributed by atoms with E-state index in [9.17, 15) is 14.4 Å². The Bertz CT molecular complexity index is 913. The molecule has 0 bridgehead atoms. The highest BCUT2D eigenvalue weighted by Gasteiger charge is 2.32. The Kier molecular flexibility index (Phi) is 7.82. The first-order chi connectivity index (χ1) is 15.0. The van der Waals surface area contributed by atoms with Crippen LogP contribution in [-0.2, 0) is 20.8 Å². The molecule has 2 aromatic carbocycles. The van der Waals surface area contributed by atoms with Crippen molar-refractivity contribution in [3.05, 3.63) is 60.2 Å². The predicted molar refractivity (Wildman–Crippen MR) is 121 cm³/mol. The molecule has 1 atom stereocenters. The third-order valence-corrected chi connectivity index (χ3v) is 5.64. The number of carbonyl (C=O) groups excluding carboxylic acids is 3. The third kappa shape index (κ3) is 5.94. The van der Waals surface area contributed by atoms with Crippen molar-refractivity contribution in [2.24, 2.45) is 5.92 Å². The van der Waals surface area contributed by atoms with Crippen molar-refractivity contribution >= 4 is 17.7 Å².